The molecule has 1 aromatic rings. The summed E-state index contributed by atoms with van der Waals surface area (Å²) >= 11 is 0. The predicted molar refractivity (Wildman–Crippen MR) is 80.1 cm³/mol. The normalized spacial score (nSPS) is 11.0. The number of nitrogens with one attached hydrogen (secondary N) is 1. The molecule has 2 amide bonds. The highest BCUT2D eigenvalue weighted by Crippen LogP contribution is 2.19. The Balaban J connectivity index is 2.93. The minimum atomic E-state index is -0.582. The molecule has 21 heavy (non-hydrogen) atoms. The van der Waals surface area contributed by atoms with Crippen molar-refractivity contribution in [1.82, 2.24) is 5.06 Å². The Morgan fingerprint density at radius 3 is 2.38 bits per heavy atom. The standard InChI is InChI=1S/C15H22N2O4/c1-10-7-8-11(13(18)17(5)20-6)9-12(10)16-14(19)21-15(2,3)4/h7-9H,1-6H3,(H,16,19). The van der Waals surface area contributed by atoms with E-state index in [0.717, 1.165) is 10.6 Å². The van der Waals surface area contributed by atoms with E-state index in [-0.39, 0.29) is 5.91 Å². The molecule has 0 aliphatic rings. The largest absolute Gasteiger partial charge is 0.444 e. The summed E-state index contributed by atoms with van der Waals surface area (Å²) in [5.74, 6) is -0.301. The smallest absolute Gasteiger partial charge is 0.412 e. The molecule has 1 rings (SSSR count). The van der Waals surface area contributed by atoms with Crippen LogP contribution in [-0.2, 0) is 9.57 Å². The van der Waals surface area contributed by atoms with Crippen molar-refractivity contribution in [2.24, 2.45) is 0 Å². The molecular weight excluding hydrogens is 272 g/mol. The van der Waals surface area contributed by atoms with Crippen LogP contribution in [0, 0.1) is 6.92 Å². The molecule has 0 radical (unpaired) electrons. The minimum absolute atomic E-state index is 0.301. The van der Waals surface area contributed by atoms with Gasteiger partial charge >= 0.3 is 6.09 Å². The van der Waals surface area contributed by atoms with Crippen LogP contribution in [0.2, 0.25) is 0 Å². The second-order valence-corrected chi connectivity index (χ2v) is 5.64. The van der Waals surface area contributed by atoms with E-state index in [9.17, 15) is 9.59 Å². The van der Waals surface area contributed by atoms with Crippen molar-refractivity contribution in [3.63, 3.8) is 0 Å². The molecule has 1 aromatic carbocycles. The molecular formula is C15H22N2O4. The second kappa shape index (κ2) is 6.58. The zero-order valence-corrected chi connectivity index (χ0v) is 13.3. The van der Waals surface area contributed by atoms with E-state index in [4.69, 9.17) is 9.57 Å². The molecule has 0 saturated heterocycles. The van der Waals surface area contributed by atoms with Gasteiger partial charge in [0, 0.05) is 18.3 Å². The van der Waals surface area contributed by atoms with Crippen molar-refractivity contribution in [3.05, 3.63) is 29.3 Å². The molecule has 0 aliphatic carbocycles. The average Bonchev–Trinajstić information content (AvgIpc) is 2.37. The van der Waals surface area contributed by atoms with Crippen molar-refractivity contribution >= 4 is 17.7 Å². The third kappa shape index (κ3) is 5.07. The number of hydrogen-bond donors (Lipinski definition) is 1. The fourth-order valence-corrected chi connectivity index (χ4v) is 1.57. The lowest BCUT2D eigenvalue weighted by molar-refractivity contribution is -0.0756. The van der Waals surface area contributed by atoms with Crippen LogP contribution in [0.3, 0.4) is 0 Å². The first-order valence-electron chi connectivity index (χ1n) is 6.57. The molecule has 0 heterocycles. The Labute approximate surface area is 125 Å². The lowest BCUT2D eigenvalue weighted by Gasteiger charge is -2.20. The number of nitrogens with zero attached hydrogens (tertiary/aromatic N) is 1. The van der Waals surface area contributed by atoms with Gasteiger partial charge in [0.15, 0.2) is 0 Å². The SMILES string of the molecule is CON(C)C(=O)c1ccc(C)c(NC(=O)OC(C)(C)C)c1. The highest BCUT2D eigenvalue weighted by atomic mass is 16.7. The molecule has 0 saturated carbocycles. The van der Waals surface area contributed by atoms with Gasteiger partial charge in [-0.25, -0.2) is 9.86 Å². The van der Waals surface area contributed by atoms with Crippen molar-refractivity contribution < 1.29 is 19.2 Å². The zero-order chi connectivity index (χ0) is 16.2. The molecule has 0 atom stereocenters. The van der Waals surface area contributed by atoms with E-state index in [1.54, 1.807) is 39.0 Å². The van der Waals surface area contributed by atoms with Gasteiger partial charge in [-0.3, -0.25) is 14.9 Å². The maximum absolute atomic E-state index is 12.0. The first-order chi connectivity index (χ1) is 9.64. The summed E-state index contributed by atoms with van der Waals surface area (Å²) in [5, 5.41) is 3.76. The maximum atomic E-state index is 12.0. The second-order valence-electron chi connectivity index (χ2n) is 5.64. The van der Waals surface area contributed by atoms with Gasteiger partial charge in [0.05, 0.1) is 7.11 Å². The van der Waals surface area contributed by atoms with E-state index < -0.39 is 11.7 Å². The lowest BCUT2D eigenvalue weighted by atomic mass is 10.1. The number of carbonyl (C=O) groups is 2. The third-order valence-electron chi connectivity index (χ3n) is 2.68. The molecule has 0 bridgehead atoms. The summed E-state index contributed by atoms with van der Waals surface area (Å²) < 4.78 is 5.20. The zero-order valence-electron chi connectivity index (χ0n) is 13.3. The number of amides is 2. The van der Waals surface area contributed by atoms with Gasteiger partial charge in [-0.05, 0) is 45.4 Å². The Morgan fingerprint density at radius 1 is 1.24 bits per heavy atom. The van der Waals surface area contributed by atoms with Crippen LogP contribution in [0.5, 0.6) is 0 Å². The van der Waals surface area contributed by atoms with Gasteiger partial charge < -0.3 is 4.74 Å². The summed E-state index contributed by atoms with van der Waals surface area (Å²) in [5.41, 5.74) is 1.19. The first kappa shape index (κ1) is 17.0. The van der Waals surface area contributed by atoms with Crippen molar-refractivity contribution in [2.75, 3.05) is 19.5 Å². The van der Waals surface area contributed by atoms with Gasteiger partial charge in [-0.15, -0.1) is 0 Å². The predicted octanol–water partition coefficient (Wildman–Crippen LogP) is 2.98. The van der Waals surface area contributed by atoms with E-state index in [1.807, 2.05) is 6.92 Å². The van der Waals surface area contributed by atoms with Gasteiger partial charge in [0.2, 0.25) is 0 Å². The fraction of sp³-hybridized carbons (Fsp3) is 0.467. The fourth-order valence-electron chi connectivity index (χ4n) is 1.57. The maximum Gasteiger partial charge on any atom is 0.412 e. The number of aryl methyl sites for hydroxylation is 1. The Kier molecular flexibility index (Phi) is 5.32. The summed E-state index contributed by atoms with van der Waals surface area (Å²) in [6.45, 7) is 7.19. The Hall–Kier alpha value is -2.08. The quantitative estimate of drug-likeness (QED) is 0.870. The molecule has 0 spiro atoms. The minimum Gasteiger partial charge on any atom is -0.444 e. The summed E-state index contributed by atoms with van der Waals surface area (Å²) in [6, 6.07) is 5.02. The lowest BCUT2D eigenvalue weighted by Crippen LogP contribution is -2.28. The van der Waals surface area contributed by atoms with Crippen molar-refractivity contribution in [1.29, 1.82) is 0 Å². The summed E-state index contributed by atoms with van der Waals surface area (Å²) in [4.78, 5) is 28.7. The highest BCUT2D eigenvalue weighted by Gasteiger charge is 2.18. The van der Waals surface area contributed by atoms with Crippen LogP contribution in [-0.4, -0.2) is 36.8 Å². The van der Waals surface area contributed by atoms with Gasteiger partial charge in [0.1, 0.15) is 5.60 Å². The van der Waals surface area contributed by atoms with Gasteiger partial charge in [0.25, 0.3) is 5.91 Å². The van der Waals surface area contributed by atoms with Crippen molar-refractivity contribution in [3.8, 4) is 0 Å². The van der Waals surface area contributed by atoms with Crippen LogP contribution in [0.15, 0.2) is 18.2 Å². The number of hydrogen-bond acceptors (Lipinski definition) is 4. The van der Waals surface area contributed by atoms with Crippen LogP contribution in [0.25, 0.3) is 0 Å². The number of benzene rings is 1. The van der Waals surface area contributed by atoms with Crippen LogP contribution < -0.4 is 5.32 Å². The number of hydroxylamine groups is 2. The van der Waals surface area contributed by atoms with Crippen LogP contribution in [0.1, 0.15) is 36.7 Å². The number of rotatable bonds is 3. The van der Waals surface area contributed by atoms with E-state index >= 15 is 0 Å². The Morgan fingerprint density at radius 2 is 1.86 bits per heavy atom. The molecule has 0 fully saturated rings. The molecule has 1 N–H and O–H groups in total. The molecule has 116 valence electrons. The molecule has 6 heteroatoms. The number of anilines is 1. The molecule has 6 nitrogen and oxygen atoms in total. The van der Waals surface area contributed by atoms with Gasteiger partial charge in [-0.2, -0.15) is 0 Å². The summed E-state index contributed by atoms with van der Waals surface area (Å²) in [7, 11) is 2.93. The molecule has 0 aromatic heterocycles. The van der Waals surface area contributed by atoms with E-state index in [1.165, 1.54) is 14.2 Å². The third-order valence-corrected chi connectivity index (χ3v) is 2.68. The van der Waals surface area contributed by atoms with Crippen molar-refractivity contribution in [2.45, 2.75) is 33.3 Å². The first-order valence-corrected chi connectivity index (χ1v) is 6.57. The van der Waals surface area contributed by atoms with E-state index in [2.05, 4.69) is 5.32 Å². The van der Waals surface area contributed by atoms with Crippen LogP contribution in [0.4, 0.5) is 10.5 Å². The number of carbonyl (C=O) groups excluding carboxylic acids is 2. The van der Waals surface area contributed by atoms with Gasteiger partial charge in [-0.1, -0.05) is 6.07 Å². The van der Waals surface area contributed by atoms with Crippen LogP contribution >= 0.6 is 0 Å². The molecule has 0 aliphatic heterocycles. The number of ether oxygens (including phenoxy) is 1. The monoisotopic (exact) mass is 294 g/mol. The van der Waals surface area contributed by atoms with E-state index in [0.29, 0.717) is 11.3 Å². The topological polar surface area (TPSA) is 67.9 Å². The Bertz CT molecular complexity index is 535. The summed E-state index contributed by atoms with van der Waals surface area (Å²) in [6.07, 6.45) is -0.560. The molecule has 0 unspecified atom stereocenters. The highest BCUT2D eigenvalue weighted by molar-refractivity contribution is 5.96. The average molecular weight is 294 g/mol.